The van der Waals surface area contributed by atoms with E-state index in [4.69, 9.17) is 15.2 Å². The molecule has 0 saturated carbocycles. The van der Waals surface area contributed by atoms with Crippen molar-refractivity contribution in [3.05, 3.63) is 76.7 Å². The van der Waals surface area contributed by atoms with Crippen LogP contribution >= 0.6 is 11.8 Å². The van der Waals surface area contributed by atoms with Crippen LogP contribution in [0.15, 0.2) is 65.6 Å². The van der Waals surface area contributed by atoms with Crippen LogP contribution in [0.2, 0.25) is 0 Å². The van der Waals surface area contributed by atoms with E-state index in [0.717, 1.165) is 33.0 Å². The Bertz CT molecular complexity index is 1250. The highest BCUT2D eigenvalue weighted by Crippen LogP contribution is 2.35. The van der Waals surface area contributed by atoms with E-state index in [1.807, 2.05) is 24.3 Å². The van der Waals surface area contributed by atoms with E-state index in [1.165, 1.54) is 7.11 Å². The lowest BCUT2D eigenvalue weighted by molar-refractivity contribution is -0.127. The Kier molecular flexibility index (Phi) is 6.13. The monoisotopic (exact) mass is 448 g/mol. The van der Waals surface area contributed by atoms with Gasteiger partial charge in [0.05, 0.1) is 12.0 Å². The molecule has 1 saturated heterocycles. The summed E-state index contributed by atoms with van der Waals surface area (Å²) >= 11 is 0.764. The number of primary amides is 1. The number of nitrogens with zero attached hydrogens (tertiary/aromatic N) is 1. The van der Waals surface area contributed by atoms with Crippen LogP contribution in [0.3, 0.4) is 0 Å². The molecule has 3 aromatic rings. The van der Waals surface area contributed by atoms with Crippen LogP contribution in [0.5, 0.6) is 11.5 Å². The van der Waals surface area contributed by atoms with Crippen LogP contribution in [-0.4, -0.2) is 35.6 Å². The van der Waals surface area contributed by atoms with Crippen LogP contribution < -0.4 is 15.2 Å². The summed E-state index contributed by atoms with van der Waals surface area (Å²) < 4.78 is 11.5. The fourth-order valence-electron chi connectivity index (χ4n) is 3.41. The minimum Gasteiger partial charge on any atom is -0.493 e. The summed E-state index contributed by atoms with van der Waals surface area (Å²) in [6, 6.07) is 19.4. The van der Waals surface area contributed by atoms with Gasteiger partial charge in [0.25, 0.3) is 11.1 Å². The Balaban J connectivity index is 1.53. The van der Waals surface area contributed by atoms with Crippen molar-refractivity contribution in [3.63, 3.8) is 0 Å². The van der Waals surface area contributed by atoms with Crippen molar-refractivity contribution in [1.82, 2.24) is 4.90 Å². The molecule has 3 amide bonds. The fraction of sp³-hybridized carbons (Fsp3) is 0.125. The Labute approximate surface area is 188 Å². The second kappa shape index (κ2) is 9.15. The van der Waals surface area contributed by atoms with Gasteiger partial charge >= 0.3 is 0 Å². The van der Waals surface area contributed by atoms with E-state index < -0.39 is 23.6 Å². The van der Waals surface area contributed by atoms with Crippen molar-refractivity contribution in [2.24, 2.45) is 5.73 Å². The number of amides is 3. The Hall–Kier alpha value is -3.78. The van der Waals surface area contributed by atoms with Gasteiger partial charge in [-0.1, -0.05) is 48.5 Å². The van der Waals surface area contributed by atoms with Crippen LogP contribution in [0.4, 0.5) is 4.79 Å². The van der Waals surface area contributed by atoms with Crippen LogP contribution in [0, 0.1) is 0 Å². The summed E-state index contributed by atoms with van der Waals surface area (Å²) in [5.74, 6) is -0.244. The molecule has 3 aromatic carbocycles. The predicted octanol–water partition coefficient (Wildman–Crippen LogP) is 3.95. The number of hydrogen-bond donors (Lipinski definition) is 1. The fourth-order valence-corrected chi connectivity index (χ4v) is 4.25. The summed E-state index contributed by atoms with van der Waals surface area (Å²) in [4.78, 5) is 36.5. The van der Waals surface area contributed by atoms with Crippen molar-refractivity contribution in [1.29, 1.82) is 0 Å². The zero-order valence-electron chi connectivity index (χ0n) is 17.2. The number of ether oxygens (including phenoxy) is 2. The first kappa shape index (κ1) is 21.5. The largest absolute Gasteiger partial charge is 0.493 e. The van der Waals surface area contributed by atoms with E-state index in [2.05, 4.69) is 18.2 Å². The molecule has 0 radical (unpaired) electrons. The molecule has 7 nitrogen and oxygen atoms in total. The third-order valence-corrected chi connectivity index (χ3v) is 5.84. The number of imide groups is 1. The lowest BCUT2D eigenvalue weighted by Crippen LogP contribution is -2.36. The molecule has 1 aliphatic heterocycles. The Morgan fingerprint density at radius 1 is 1.06 bits per heavy atom. The number of hydrogen-bond acceptors (Lipinski definition) is 6. The maximum absolute atomic E-state index is 12.4. The van der Waals surface area contributed by atoms with Crippen LogP contribution in [0.1, 0.15) is 11.1 Å². The molecule has 1 heterocycles. The second-order valence-electron chi connectivity index (χ2n) is 7.07. The van der Waals surface area contributed by atoms with Gasteiger partial charge in [-0.2, -0.15) is 0 Å². The van der Waals surface area contributed by atoms with Crippen molar-refractivity contribution in [2.45, 2.75) is 6.61 Å². The minimum absolute atomic E-state index is 0.211. The van der Waals surface area contributed by atoms with Crippen molar-refractivity contribution in [2.75, 3.05) is 13.7 Å². The van der Waals surface area contributed by atoms with Gasteiger partial charge in [-0.3, -0.25) is 19.3 Å². The first-order valence-corrected chi connectivity index (χ1v) is 10.6. The van der Waals surface area contributed by atoms with Crippen LogP contribution in [-0.2, 0) is 16.2 Å². The van der Waals surface area contributed by atoms with Gasteiger partial charge in [0.2, 0.25) is 5.91 Å². The summed E-state index contributed by atoms with van der Waals surface area (Å²) in [6.07, 6.45) is 1.57. The van der Waals surface area contributed by atoms with Gasteiger partial charge in [-0.05, 0) is 51.9 Å². The quantitative estimate of drug-likeness (QED) is 0.550. The Morgan fingerprint density at radius 3 is 2.62 bits per heavy atom. The number of thioether (sulfide) groups is 1. The van der Waals surface area contributed by atoms with Crippen LogP contribution in [0.25, 0.3) is 16.8 Å². The minimum atomic E-state index is -0.747. The standard InChI is InChI=1S/C24H20N2O5S/c1-30-20-11-15(12-21-23(28)26(13-22(25)27)24(29)32-21)9-10-19(20)31-14-17-7-4-6-16-5-2-3-8-18(16)17/h2-12H,13-14H2,1H3,(H2,25,27)/b21-12-. The number of methoxy groups -OCH3 is 1. The molecule has 32 heavy (non-hydrogen) atoms. The molecule has 0 unspecified atom stereocenters. The summed E-state index contributed by atoms with van der Waals surface area (Å²) in [5, 5.41) is 1.74. The number of nitrogens with two attached hydrogens (primary N) is 1. The third-order valence-electron chi connectivity index (χ3n) is 4.94. The average Bonchev–Trinajstić information content (AvgIpc) is 3.05. The molecule has 1 aliphatic rings. The summed E-state index contributed by atoms with van der Waals surface area (Å²) in [6.45, 7) is -0.0741. The molecule has 0 bridgehead atoms. The first-order valence-electron chi connectivity index (χ1n) is 9.77. The Morgan fingerprint density at radius 2 is 1.84 bits per heavy atom. The van der Waals surface area contributed by atoms with Crippen molar-refractivity contribution < 1.29 is 23.9 Å². The predicted molar refractivity (Wildman–Crippen MR) is 123 cm³/mol. The molecular formula is C24H20N2O5S. The van der Waals surface area contributed by atoms with Gasteiger partial charge in [0.15, 0.2) is 11.5 Å². The number of fused-ring (bicyclic) bond motifs is 1. The molecule has 1 fully saturated rings. The molecule has 0 spiro atoms. The topological polar surface area (TPSA) is 98.9 Å². The molecule has 8 heteroatoms. The molecule has 162 valence electrons. The molecule has 2 N–H and O–H groups in total. The van der Waals surface area contributed by atoms with Gasteiger partial charge < -0.3 is 15.2 Å². The smallest absolute Gasteiger partial charge is 0.294 e. The van der Waals surface area contributed by atoms with Crippen molar-refractivity contribution in [3.8, 4) is 11.5 Å². The summed E-state index contributed by atoms with van der Waals surface area (Å²) in [5.41, 5.74) is 6.82. The van der Waals surface area contributed by atoms with E-state index in [1.54, 1.807) is 24.3 Å². The zero-order chi connectivity index (χ0) is 22.7. The first-order chi connectivity index (χ1) is 15.5. The maximum atomic E-state index is 12.4. The molecule has 0 atom stereocenters. The van der Waals surface area contributed by atoms with E-state index in [-0.39, 0.29) is 4.91 Å². The number of carbonyl (C=O) groups is 3. The average molecular weight is 449 g/mol. The lowest BCUT2D eigenvalue weighted by atomic mass is 10.1. The lowest BCUT2D eigenvalue weighted by Gasteiger charge is -2.13. The number of benzene rings is 3. The maximum Gasteiger partial charge on any atom is 0.294 e. The molecule has 4 rings (SSSR count). The zero-order valence-corrected chi connectivity index (χ0v) is 18.1. The number of carbonyl (C=O) groups excluding carboxylic acids is 3. The highest BCUT2D eigenvalue weighted by atomic mass is 32.2. The molecule has 0 aliphatic carbocycles. The normalized spacial score (nSPS) is 14.9. The molecule has 0 aromatic heterocycles. The highest BCUT2D eigenvalue weighted by Gasteiger charge is 2.35. The van der Waals surface area contributed by atoms with Gasteiger partial charge in [-0.15, -0.1) is 0 Å². The summed E-state index contributed by atoms with van der Waals surface area (Å²) in [7, 11) is 1.53. The van der Waals surface area contributed by atoms with E-state index in [0.29, 0.717) is 23.7 Å². The number of rotatable bonds is 7. The van der Waals surface area contributed by atoms with E-state index in [9.17, 15) is 14.4 Å². The van der Waals surface area contributed by atoms with Gasteiger partial charge in [0.1, 0.15) is 13.2 Å². The highest BCUT2D eigenvalue weighted by molar-refractivity contribution is 8.18. The third kappa shape index (κ3) is 4.45. The van der Waals surface area contributed by atoms with Gasteiger partial charge in [-0.25, -0.2) is 0 Å². The second-order valence-corrected chi connectivity index (χ2v) is 8.06. The molecular weight excluding hydrogens is 428 g/mol. The van der Waals surface area contributed by atoms with Gasteiger partial charge in [0, 0.05) is 0 Å². The SMILES string of the molecule is COc1cc(/C=C2\SC(=O)N(CC(N)=O)C2=O)ccc1OCc1cccc2ccccc12. The van der Waals surface area contributed by atoms with Crippen molar-refractivity contribution >= 4 is 45.7 Å². The van der Waals surface area contributed by atoms with E-state index >= 15 is 0 Å².